The van der Waals surface area contributed by atoms with Crippen LogP contribution in [0.15, 0.2) is 16.7 Å². The average molecular weight is 179 g/mol. The lowest BCUT2D eigenvalue weighted by atomic mass is 10.1. The van der Waals surface area contributed by atoms with Gasteiger partial charge in [0.15, 0.2) is 0 Å². The van der Waals surface area contributed by atoms with Crippen LogP contribution in [0.5, 0.6) is 0 Å². The van der Waals surface area contributed by atoms with E-state index in [-0.39, 0.29) is 5.54 Å². The molecule has 0 spiro atoms. The van der Waals surface area contributed by atoms with E-state index in [1.807, 2.05) is 6.26 Å². The van der Waals surface area contributed by atoms with Gasteiger partial charge in [-0.15, -0.1) is 0 Å². The largest absolute Gasteiger partial charge is 0.469 e. The van der Waals surface area contributed by atoms with Gasteiger partial charge in [0.1, 0.15) is 5.76 Å². The van der Waals surface area contributed by atoms with Crippen molar-refractivity contribution in [3.05, 3.63) is 23.7 Å². The maximum Gasteiger partial charge on any atom is 0.104 e. The molecule has 0 bridgehead atoms. The molecule has 0 atom stereocenters. The summed E-state index contributed by atoms with van der Waals surface area (Å²) in [5.74, 6) is 1.09. The van der Waals surface area contributed by atoms with Crippen LogP contribution in [0.1, 0.15) is 37.5 Å². The minimum atomic E-state index is 0.152. The molecule has 2 rings (SSSR count). The fourth-order valence-electron chi connectivity index (χ4n) is 1.53. The highest BCUT2D eigenvalue weighted by Crippen LogP contribution is 2.36. The van der Waals surface area contributed by atoms with Gasteiger partial charge in [-0.05, 0) is 37.3 Å². The normalized spacial score (nSPS) is 18.9. The first kappa shape index (κ1) is 8.82. The summed E-state index contributed by atoms with van der Waals surface area (Å²) in [7, 11) is 0. The summed E-state index contributed by atoms with van der Waals surface area (Å²) < 4.78 is 5.42. The Labute approximate surface area is 79.1 Å². The molecule has 0 saturated heterocycles. The second-order valence-corrected chi connectivity index (χ2v) is 4.14. The SMILES string of the molecule is CCc1coc(CCC2(N)CC2)c1. The lowest BCUT2D eigenvalue weighted by Gasteiger charge is -2.04. The molecule has 2 nitrogen and oxygen atoms in total. The Morgan fingerprint density at radius 1 is 1.54 bits per heavy atom. The number of hydrogen-bond donors (Lipinski definition) is 1. The summed E-state index contributed by atoms with van der Waals surface area (Å²) in [6.07, 6.45) is 7.35. The summed E-state index contributed by atoms with van der Waals surface area (Å²) in [4.78, 5) is 0. The number of furan rings is 1. The lowest BCUT2D eigenvalue weighted by Crippen LogP contribution is -2.21. The van der Waals surface area contributed by atoms with Gasteiger partial charge in [0, 0.05) is 12.0 Å². The van der Waals surface area contributed by atoms with Crippen LogP contribution in [0.3, 0.4) is 0 Å². The predicted molar refractivity (Wildman–Crippen MR) is 52.6 cm³/mol. The van der Waals surface area contributed by atoms with E-state index in [1.165, 1.54) is 18.4 Å². The second-order valence-electron chi connectivity index (χ2n) is 4.14. The van der Waals surface area contributed by atoms with Crippen LogP contribution >= 0.6 is 0 Å². The number of nitrogens with two attached hydrogens (primary N) is 1. The first-order valence-corrected chi connectivity index (χ1v) is 5.07. The van der Waals surface area contributed by atoms with E-state index in [0.29, 0.717) is 0 Å². The van der Waals surface area contributed by atoms with E-state index < -0.39 is 0 Å². The molecule has 0 radical (unpaired) electrons. The van der Waals surface area contributed by atoms with E-state index in [2.05, 4.69) is 13.0 Å². The summed E-state index contributed by atoms with van der Waals surface area (Å²) in [5, 5.41) is 0. The van der Waals surface area contributed by atoms with Crippen LogP contribution in [0.4, 0.5) is 0 Å². The minimum Gasteiger partial charge on any atom is -0.469 e. The molecule has 1 aromatic rings. The number of hydrogen-bond acceptors (Lipinski definition) is 2. The van der Waals surface area contributed by atoms with Crippen LogP contribution in [-0.2, 0) is 12.8 Å². The molecular weight excluding hydrogens is 162 g/mol. The monoisotopic (exact) mass is 179 g/mol. The van der Waals surface area contributed by atoms with Crippen LogP contribution in [-0.4, -0.2) is 5.54 Å². The van der Waals surface area contributed by atoms with E-state index >= 15 is 0 Å². The van der Waals surface area contributed by atoms with Crippen molar-refractivity contribution < 1.29 is 4.42 Å². The molecule has 2 N–H and O–H groups in total. The Morgan fingerprint density at radius 3 is 2.85 bits per heavy atom. The van der Waals surface area contributed by atoms with Gasteiger partial charge in [-0.25, -0.2) is 0 Å². The molecular formula is C11H17NO. The zero-order valence-corrected chi connectivity index (χ0v) is 8.18. The van der Waals surface area contributed by atoms with Gasteiger partial charge in [-0.3, -0.25) is 0 Å². The number of aryl methyl sites for hydroxylation is 2. The molecule has 13 heavy (non-hydrogen) atoms. The van der Waals surface area contributed by atoms with Crippen molar-refractivity contribution in [3.8, 4) is 0 Å². The van der Waals surface area contributed by atoms with Gasteiger partial charge in [0.05, 0.1) is 6.26 Å². The van der Waals surface area contributed by atoms with Crippen molar-refractivity contribution >= 4 is 0 Å². The molecule has 1 heterocycles. The topological polar surface area (TPSA) is 39.2 Å². The Hall–Kier alpha value is -0.760. The smallest absolute Gasteiger partial charge is 0.104 e. The molecule has 1 aliphatic carbocycles. The highest BCUT2D eigenvalue weighted by molar-refractivity contribution is 5.13. The molecule has 0 aromatic carbocycles. The Morgan fingerprint density at radius 2 is 2.31 bits per heavy atom. The summed E-state index contributed by atoms with van der Waals surface area (Å²) in [5.41, 5.74) is 7.43. The summed E-state index contributed by atoms with van der Waals surface area (Å²) in [6.45, 7) is 2.14. The van der Waals surface area contributed by atoms with Crippen molar-refractivity contribution in [2.24, 2.45) is 5.73 Å². The van der Waals surface area contributed by atoms with Gasteiger partial charge in [0.25, 0.3) is 0 Å². The third-order valence-electron chi connectivity index (χ3n) is 2.88. The van der Waals surface area contributed by atoms with Crippen molar-refractivity contribution in [1.29, 1.82) is 0 Å². The Balaban J connectivity index is 1.87. The molecule has 0 amide bonds. The van der Waals surface area contributed by atoms with Crippen LogP contribution < -0.4 is 5.73 Å². The van der Waals surface area contributed by atoms with Crippen molar-refractivity contribution in [1.82, 2.24) is 0 Å². The molecule has 0 unspecified atom stereocenters. The molecule has 0 aliphatic heterocycles. The highest BCUT2D eigenvalue weighted by Gasteiger charge is 2.37. The molecule has 1 saturated carbocycles. The average Bonchev–Trinajstić information content (AvgIpc) is 2.69. The third-order valence-corrected chi connectivity index (χ3v) is 2.88. The first-order chi connectivity index (χ1) is 6.22. The maximum atomic E-state index is 5.99. The van der Waals surface area contributed by atoms with Crippen molar-refractivity contribution in [2.45, 2.75) is 44.6 Å². The molecule has 1 fully saturated rings. The first-order valence-electron chi connectivity index (χ1n) is 5.07. The predicted octanol–water partition coefficient (Wildman–Crippen LogP) is 2.27. The van der Waals surface area contributed by atoms with Crippen molar-refractivity contribution in [2.75, 3.05) is 0 Å². The van der Waals surface area contributed by atoms with Crippen LogP contribution in [0.25, 0.3) is 0 Å². The molecule has 72 valence electrons. The van der Waals surface area contributed by atoms with E-state index in [1.54, 1.807) is 0 Å². The minimum absolute atomic E-state index is 0.152. The molecule has 1 aliphatic rings. The van der Waals surface area contributed by atoms with Crippen LogP contribution in [0, 0.1) is 0 Å². The van der Waals surface area contributed by atoms with Crippen LogP contribution in [0.2, 0.25) is 0 Å². The number of rotatable bonds is 4. The third kappa shape index (κ3) is 2.13. The Kier molecular flexibility index (Phi) is 2.16. The zero-order valence-electron chi connectivity index (χ0n) is 8.18. The van der Waals surface area contributed by atoms with Gasteiger partial charge >= 0.3 is 0 Å². The summed E-state index contributed by atoms with van der Waals surface area (Å²) >= 11 is 0. The van der Waals surface area contributed by atoms with E-state index in [9.17, 15) is 0 Å². The fourth-order valence-corrected chi connectivity index (χ4v) is 1.53. The lowest BCUT2D eigenvalue weighted by molar-refractivity contribution is 0.480. The van der Waals surface area contributed by atoms with Crippen molar-refractivity contribution in [3.63, 3.8) is 0 Å². The second kappa shape index (κ2) is 3.18. The van der Waals surface area contributed by atoms with E-state index in [4.69, 9.17) is 10.2 Å². The van der Waals surface area contributed by atoms with E-state index in [0.717, 1.165) is 25.0 Å². The summed E-state index contributed by atoms with van der Waals surface area (Å²) in [6, 6.07) is 2.14. The quantitative estimate of drug-likeness (QED) is 0.770. The Bertz CT molecular complexity index is 286. The molecule has 2 heteroatoms. The van der Waals surface area contributed by atoms with Gasteiger partial charge < -0.3 is 10.2 Å². The fraction of sp³-hybridized carbons (Fsp3) is 0.636. The van der Waals surface area contributed by atoms with Gasteiger partial charge in [0.2, 0.25) is 0 Å². The zero-order chi connectivity index (χ0) is 9.31. The standard InChI is InChI=1S/C11H17NO/c1-2-9-7-10(13-8-9)3-4-11(12)5-6-11/h7-8H,2-6,12H2,1H3. The maximum absolute atomic E-state index is 5.99. The molecule has 1 aromatic heterocycles. The highest BCUT2D eigenvalue weighted by atomic mass is 16.3. The van der Waals surface area contributed by atoms with Gasteiger partial charge in [-0.2, -0.15) is 0 Å². The van der Waals surface area contributed by atoms with Gasteiger partial charge in [-0.1, -0.05) is 6.92 Å².